The Morgan fingerprint density at radius 1 is 1.24 bits per heavy atom. The molecule has 0 saturated heterocycles. The fourth-order valence-corrected chi connectivity index (χ4v) is 2.30. The van der Waals surface area contributed by atoms with E-state index in [4.69, 9.17) is 0 Å². The summed E-state index contributed by atoms with van der Waals surface area (Å²) in [6.45, 7) is 7.10. The number of aromatic nitrogens is 5. The number of aryl methyl sites for hydroxylation is 1. The van der Waals surface area contributed by atoms with Crippen LogP contribution in [0.25, 0.3) is 0 Å². The lowest BCUT2D eigenvalue weighted by atomic mass is 10.1. The molecule has 0 bridgehead atoms. The van der Waals surface area contributed by atoms with E-state index in [1.807, 2.05) is 11.6 Å². The summed E-state index contributed by atoms with van der Waals surface area (Å²) in [7, 11) is 1.94. The summed E-state index contributed by atoms with van der Waals surface area (Å²) in [5.74, 6) is 2.64. The summed E-state index contributed by atoms with van der Waals surface area (Å²) in [6, 6.07) is 0.0254. The zero-order valence-electron chi connectivity index (χ0n) is 13.1. The minimum atomic E-state index is 0.0254. The van der Waals surface area contributed by atoms with Gasteiger partial charge in [-0.2, -0.15) is 0 Å². The van der Waals surface area contributed by atoms with Gasteiger partial charge in [0.05, 0.1) is 6.04 Å². The van der Waals surface area contributed by atoms with Gasteiger partial charge in [0.2, 0.25) is 0 Å². The topological polar surface area (TPSA) is 80.6 Å². The molecule has 0 spiro atoms. The molecule has 0 amide bonds. The zero-order valence-corrected chi connectivity index (χ0v) is 13.1. The predicted octanol–water partition coefficient (Wildman–Crippen LogP) is 2.16. The minimum Gasteiger partial charge on any atom is -0.370 e. The highest BCUT2D eigenvalue weighted by atomic mass is 15.3. The highest BCUT2D eigenvalue weighted by molar-refractivity contribution is 5.57. The lowest BCUT2D eigenvalue weighted by Gasteiger charge is -2.18. The number of rotatable bonds is 7. The second kappa shape index (κ2) is 7.01. The summed E-state index contributed by atoms with van der Waals surface area (Å²) >= 11 is 0. The average Bonchev–Trinajstić information content (AvgIpc) is 2.89. The van der Waals surface area contributed by atoms with Gasteiger partial charge in [0.25, 0.3) is 0 Å². The van der Waals surface area contributed by atoms with Gasteiger partial charge >= 0.3 is 0 Å². The van der Waals surface area contributed by atoms with Crippen LogP contribution in [0.1, 0.15) is 44.6 Å². The molecule has 0 aliphatic rings. The lowest BCUT2D eigenvalue weighted by molar-refractivity contribution is 0.713. The Balaban J connectivity index is 2.26. The van der Waals surface area contributed by atoms with Crippen LogP contribution in [0, 0.1) is 0 Å². The van der Waals surface area contributed by atoms with E-state index in [0.717, 1.165) is 42.4 Å². The van der Waals surface area contributed by atoms with Crippen molar-refractivity contribution in [3.8, 4) is 0 Å². The Kier molecular flexibility index (Phi) is 5.08. The summed E-state index contributed by atoms with van der Waals surface area (Å²) < 4.78 is 1.91. The molecule has 0 aliphatic carbocycles. The van der Waals surface area contributed by atoms with E-state index >= 15 is 0 Å². The Labute approximate surface area is 125 Å². The third-order valence-electron chi connectivity index (χ3n) is 3.28. The molecule has 2 aromatic rings. The SMILES string of the molecule is CCCc1c(NCC)ncnc1NC(C)c1nncn1C. The van der Waals surface area contributed by atoms with Gasteiger partial charge in [-0.3, -0.25) is 0 Å². The van der Waals surface area contributed by atoms with E-state index in [9.17, 15) is 0 Å². The van der Waals surface area contributed by atoms with Crippen LogP contribution < -0.4 is 10.6 Å². The van der Waals surface area contributed by atoms with Gasteiger partial charge in [-0.15, -0.1) is 10.2 Å². The van der Waals surface area contributed by atoms with Crippen molar-refractivity contribution in [3.05, 3.63) is 24.0 Å². The third-order valence-corrected chi connectivity index (χ3v) is 3.28. The maximum absolute atomic E-state index is 4.40. The van der Waals surface area contributed by atoms with Gasteiger partial charge in [-0.1, -0.05) is 13.3 Å². The molecule has 2 rings (SSSR count). The number of nitrogens with zero attached hydrogens (tertiary/aromatic N) is 5. The van der Waals surface area contributed by atoms with Crippen molar-refractivity contribution in [2.75, 3.05) is 17.2 Å². The summed E-state index contributed by atoms with van der Waals surface area (Å²) in [6.07, 6.45) is 5.25. The van der Waals surface area contributed by atoms with E-state index in [0.29, 0.717) is 0 Å². The van der Waals surface area contributed by atoms with Crippen LogP contribution in [-0.4, -0.2) is 31.3 Å². The van der Waals surface area contributed by atoms with E-state index in [2.05, 4.69) is 51.6 Å². The van der Waals surface area contributed by atoms with Gasteiger partial charge in [0, 0.05) is 19.2 Å². The molecule has 0 fully saturated rings. The van der Waals surface area contributed by atoms with Crippen LogP contribution in [0.2, 0.25) is 0 Å². The third kappa shape index (κ3) is 3.48. The first kappa shape index (κ1) is 15.2. The fourth-order valence-electron chi connectivity index (χ4n) is 2.30. The average molecular weight is 289 g/mol. The van der Waals surface area contributed by atoms with E-state index < -0.39 is 0 Å². The van der Waals surface area contributed by atoms with Crippen LogP contribution in [0.3, 0.4) is 0 Å². The van der Waals surface area contributed by atoms with E-state index in [1.54, 1.807) is 12.7 Å². The molecule has 0 aliphatic heterocycles. The van der Waals surface area contributed by atoms with Crippen molar-refractivity contribution in [1.29, 1.82) is 0 Å². The monoisotopic (exact) mass is 289 g/mol. The second-order valence-corrected chi connectivity index (χ2v) is 5.00. The summed E-state index contributed by atoms with van der Waals surface area (Å²) in [4.78, 5) is 8.74. The zero-order chi connectivity index (χ0) is 15.2. The molecule has 1 atom stereocenters. The largest absolute Gasteiger partial charge is 0.370 e. The Hall–Kier alpha value is -2.18. The molecule has 1 unspecified atom stereocenters. The standard InChI is InChI=1S/C14H23N7/c1-5-7-11-12(15-6-2)16-8-17-13(11)19-10(3)14-20-18-9-21(14)4/h8-10H,5-7H2,1-4H3,(H2,15,16,17,19). The van der Waals surface area contributed by atoms with Crippen LogP contribution in [0.4, 0.5) is 11.6 Å². The maximum Gasteiger partial charge on any atom is 0.154 e. The van der Waals surface area contributed by atoms with Gasteiger partial charge in [0.1, 0.15) is 24.3 Å². The molecular weight excluding hydrogens is 266 g/mol. The molecule has 2 aromatic heterocycles. The van der Waals surface area contributed by atoms with Crippen molar-refractivity contribution < 1.29 is 0 Å². The van der Waals surface area contributed by atoms with Crippen molar-refractivity contribution in [2.45, 2.75) is 39.7 Å². The molecule has 0 aromatic carbocycles. The molecule has 2 N–H and O–H groups in total. The Morgan fingerprint density at radius 2 is 2.00 bits per heavy atom. The first-order chi connectivity index (χ1) is 10.2. The van der Waals surface area contributed by atoms with Crippen LogP contribution in [0.5, 0.6) is 0 Å². The van der Waals surface area contributed by atoms with Gasteiger partial charge in [-0.05, 0) is 20.3 Å². The van der Waals surface area contributed by atoms with Crippen LogP contribution >= 0.6 is 0 Å². The fraction of sp³-hybridized carbons (Fsp3) is 0.571. The quantitative estimate of drug-likeness (QED) is 0.813. The van der Waals surface area contributed by atoms with E-state index in [-0.39, 0.29) is 6.04 Å². The Bertz CT molecular complexity index is 578. The molecule has 2 heterocycles. The smallest absolute Gasteiger partial charge is 0.154 e. The lowest BCUT2D eigenvalue weighted by Crippen LogP contribution is -2.15. The number of nitrogens with one attached hydrogen (secondary N) is 2. The van der Waals surface area contributed by atoms with Gasteiger partial charge in [0.15, 0.2) is 5.82 Å². The highest BCUT2D eigenvalue weighted by Crippen LogP contribution is 2.24. The summed E-state index contributed by atoms with van der Waals surface area (Å²) in [5, 5.41) is 14.8. The van der Waals surface area contributed by atoms with Gasteiger partial charge in [-0.25, -0.2) is 9.97 Å². The van der Waals surface area contributed by atoms with Crippen LogP contribution in [0.15, 0.2) is 12.7 Å². The van der Waals surface area contributed by atoms with Crippen molar-refractivity contribution >= 4 is 11.6 Å². The Morgan fingerprint density at radius 3 is 2.62 bits per heavy atom. The summed E-state index contributed by atoms with van der Waals surface area (Å²) in [5.41, 5.74) is 1.12. The predicted molar refractivity (Wildman–Crippen MR) is 83.2 cm³/mol. The molecule has 7 nitrogen and oxygen atoms in total. The molecular formula is C14H23N7. The number of anilines is 2. The molecule has 114 valence electrons. The van der Waals surface area contributed by atoms with E-state index in [1.165, 1.54) is 0 Å². The van der Waals surface area contributed by atoms with Crippen molar-refractivity contribution in [1.82, 2.24) is 24.7 Å². The highest BCUT2D eigenvalue weighted by Gasteiger charge is 2.16. The number of hydrogen-bond donors (Lipinski definition) is 2. The first-order valence-electron chi connectivity index (χ1n) is 7.35. The normalized spacial score (nSPS) is 12.2. The maximum atomic E-state index is 4.40. The molecule has 0 saturated carbocycles. The first-order valence-corrected chi connectivity index (χ1v) is 7.35. The molecule has 21 heavy (non-hydrogen) atoms. The molecule has 0 radical (unpaired) electrons. The second-order valence-electron chi connectivity index (χ2n) is 5.00. The van der Waals surface area contributed by atoms with Crippen LogP contribution in [-0.2, 0) is 13.5 Å². The minimum absolute atomic E-state index is 0.0254. The van der Waals surface area contributed by atoms with Gasteiger partial charge < -0.3 is 15.2 Å². The molecule has 7 heteroatoms. The van der Waals surface area contributed by atoms with Crippen molar-refractivity contribution in [3.63, 3.8) is 0 Å². The van der Waals surface area contributed by atoms with Crippen molar-refractivity contribution in [2.24, 2.45) is 7.05 Å². The number of hydrogen-bond acceptors (Lipinski definition) is 6.